The van der Waals surface area contributed by atoms with Gasteiger partial charge >= 0.3 is 6.18 Å². The fourth-order valence-electron chi connectivity index (χ4n) is 1.39. The standard InChI is InChI=1S/C11H6F3I/c12-11(13,14)9-3-1-7-2-4-10(15)6-8(7)5-9/h1-6H. The van der Waals surface area contributed by atoms with Crippen molar-refractivity contribution in [2.24, 2.45) is 0 Å². The molecule has 4 heteroatoms. The summed E-state index contributed by atoms with van der Waals surface area (Å²) in [5.74, 6) is 0. The van der Waals surface area contributed by atoms with Gasteiger partial charge in [-0.1, -0.05) is 12.1 Å². The van der Waals surface area contributed by atoms with E-state index in [9.17, 15) is 13.2 Å². The van der Waals surface area contributed by atoms with Crippen molar-refractivity contribution in [3.8, 4) is 0 Å². The molecular weight excluding hydrogens is 316 g/mol. The number of halogens is 4. The second-order valence-electron chi connectivity index (χ2n) is 3.20. The van der Waals surface area contributed by atoms with Gasteiger partial charge in [0.05, 0.1) is 5.56 Å². The molecule has 0 aliphatic rings. The summed E-state index contributed by atoms with van der Waals surface area (Å²) in [6, 6.07) is 9.21. The van der Waals surface area contributed by atoms with Crippen molar-refractivity contribution >= 4 is 33.4 Å². The normalized spacial score (nSPS) is 12.0. The van der Waals surface area contributed by atoms with Gasteiger partial charge in [0.15, 0.2) is 0 Å². The lowest BCUT2D eigenvalue weighted by atomic mass is 10.1. The van der Waals surface area contributed by atoms with E-state index in [4.69, 9.17) is 0 Å². The first-order valence-corrected chi connectivity index (χ1v) is 5.31. The molecule has 2 rings (SSSR count). The van der Waals surface area contributed by atoms with Gasteiger partial charge in [0.25, 0.3) is 0 Å². The zero-order valence-electron chi connectivity index (χ0n) is 7.48. The molecule has 0 bridgehead atoms. The van der Waals surface area contributed by atoms with Crippen LogP contribution in [0.15, 0.2) is 36.4 Å². The van der Waals surface area contributed by atoms with E-state index in [0.29, 0.717) is 5.39 Å². The van der Waals surface area contributed by atoms with Crippen molar-refractivity contribution in [3.05, 3.63) is 45.5 Å². The van der Waals surface area contributed by atoms with Gasteiger partial charge in [0.2, 0.25) is 0 Å². The van der Waals surface area contributed by atoms with Crippen LogP contribution in [0.25, 0.3) is 10.8 Å². The number of hydrogen-bond acceptors (Lipinski definition) is 0. The quantitative estimate of drug-likeness (QED) is 0.628. The van der Waals surface area contributed by atoms with Gasteiger partial charge < -0.3 is 0 Å². The molecule has 0 unspecified atom stereocenters. The molecule has 0 saturated carbocycles. The van der Waals surface area contributed by atoms with E-state index in [2.05, 4.69) is 22.6 Å². The Balaban J connectivity index is 2.64. The average Bonchev–Trinajstić information content (AvgIpc) is 2.15. The van der Waals surface area contributed by atoms with Gasteiger partial charge in [-0.05, 0) is 57.6 Å². The Kier molecular flexibility index (Phi) is 2.62. The lowest BCUT2D eigenvalue weighted by molar-refractivity contribution is -0.137. The molecule has 0 saturated heterocycles. The van der Waals surface area contributed by atoms with Gasteiger partial charge in [0, 0.05) is 3.57 Å². The molecule has 0 aromatic heterocycles. The second kappa shape index (κ2) is 3.66. The first-order valence-electron chi connectivity index (χ1n) is 4.23. The van der Waals surface area contributed by atoms with Crippen molar-refractivity contribution < 1.29 is 13.2 Å². The van der Waals surface area contributed by atoms with Crippen molar-refractivity contribution in [1.82, 2.24) is 0 Å². The van der Waals surface area contributed by atoms with Crippen molar-refractivity contribution in [2.45, 2.75) is 6.18 Å². The highest BCUT2D eigenvalue weighted by Crippen LogP contribution is 2.31. The number of fused-ring (bicyclic) bond motifs is 1. The molecule has 0 spiro atoms. The smallest absolute Gasteiger partial charge is 0.166 e. The summed E-state index contributed by atoms with van der Waals surface area (Å²) >= 11 is 2.08. The number of alkyl halides is 3. The molecule has 78 valence electrons. The Morgan fingerprint density at radius 3 is 2.20 bits per heavy atom. The summed E-state index contributed by atoms with van der Waals surface area (Å²) in [7, 11) is 0. The third-order valence-electron chi connectivity index (χ3n) is 2.13. The summed E-state index contributed by atoms with van der Waals surface area (Å²) < 4.78 is 38.2. The lowest BCUT2D eigenvalue weighted by Crippen LogP contribution is -2.04. The van der Waals surface area contributed by atoms with E-state index in [1.807, 2.05) is 12.1 Å². The van der Waals surface area contributed by atoms with Crippen LogP contribution in [0.2, 0.25) is 0 Å². The molecule has 15 heavy (non-hydrogen) atoms. The summed E-state index contributed by atoms with van der Waals surface area (Å²) in [6.07, 6.45) is -4.27. The molecule has 2 aromatic carbocycles. The summed E-state index contributed by atoms with van der Waals surface area (Å²) in [5.41, 5.74) is -0.600. The van der Waals surface area contributed by atoms with E-state index in [0.717, 1.165) is 15.0 Å². The second-order valence-corrected chi connectivity index (χ2v) is 4.45. The van der Waals surface area contributed by atoms with Crippen LogP contribution in [0.1, 0.15) is 5.56 Å². The van der Waals surface area contributed by atoms with Gasteiger partial charge in [-0.15, -0.1) is 0 Å². The highest BCUT2D eigenvalue weighted by molar-refractivity contribution is 14.1. The first-order chi connectivity index (χ1) is 6.97. The fraction of sp³-hybridized carbons (Fsp3) is 0.0909. The van der Waals surface area contributed by atoms with Crippen LogP contribution < -0.4 is 0 Å². The van der Waals surface area contributed by atoms with Crippen molar-refractivity contribution in [1.29, 1.82) is 0 Å². The Morgan fingerprint density at radius 2 is 1.53 bits per heavy atom. The number of hydrogen-bond donors (Lipinski definition) is 0. The maximum Gasteiger partial charge on any atom is 0.416 e. The highest BCUT2D eigenvalue weighted by Gasteiger charge is 2.30. The SMILES string of the molecule is FC(F)(F)c1ccc2ccc(I)cc2c1. The minimum Gasteiger partial charge on any atom is -0.166 e. The van der Waals surface area contributed by atoms with Crippen LogP contribution in [0.3, 0.4) is 0 Å². The van der Waals surface area contributed by atoms with E-state index in [1.165, 1.54) is 12.1 Å². The molecule has 0 aliphatic carbocycles. The topological polar surface area (TPSA) is 0 Å². The zero-order chi connectivity index (χ0) is 11.1. The summed E-state index contributed by atoms with van der Waals surface area (Å²) in [6.45, 7) is 0. The van der Waals surface area contributed by atoms with Crippen LogP contribution in [-0.4, -0.2) is 0 Å². The van der Waals surface area contributed by atoms with E-state index >= 15 is 0 Å². The van der Waals surface area contributed by atoms with Gasteiger partial charge in [-0.25, -0.2) is 0 Å². The van der Waals surface area contributed by atoms with Crippen LogP contribution in [0.5, 0.6) is 0 Å². The third kappa shape index (κ3) is 2.25. The molecule has 0 atom stereocenters. The van der Waals surface area contributed by atoms with Crippen molar-refractivity contribution in [3.63, 3.8) is 0 Å². The molecule has 0 aliphatic heterocycles. The van der Waals surface area contributed by atoms with E-state index in [1.54, 1.807) is 6.07 Å². The summed E-state index contributed by atoms with van der Waals surface area (Å²) in [4.78, 5) is 0. The molecule has 0 amide bonds. The molecule has 0 N–H and O–H groups in total. The van der Waals surface area contributed by atoms with Crippen LogP contribution in [0.4, 0.5) is 13.2 Å². The van der Waals surface area contributed by atoms with E-state index in [-0.39, 0.29) is 0 Å². The Hall–Kier alpha value is -0.780. The highest BCUT2D eigenvalue weighted by atomic mass is 127. The lowest BCUT2D eigenvalue weighted by Gasteiger charge is -2.07. The third-order valence-corrected chi connectivity index (χ3v) is 2.80. The predicted molar refractivity (Wildman–Crippen MR) is 61.7 cm³/mol. The molecule has 0 fully saturated rings. The van der Waals surface area contributed by atoms with Crippen LogP contribution in [0, 0.1) is 3.57 Å². The minimum atomic E-state index is -4.27. The predicted octanol–water partition coefficient (Wildman–Crippen LogP) is 4.46. The monoisotopic (exact) mass is 322 g/mol. The van der Waals surface area contributed by atoms with Crippen LogP contribution in [-0.2, 0) is 6.18 Å². The number of rotatable bonds is 0. The molecule has 0 heterocycles. The maximum absolute atomic E-state index is 12.4. The van der Waals surface area contributed by atoms with Crippen LogP contribution >= 0.6 is 22.6 Å². The van der Waals surface area contributed by atoms with E-state index < -0.39 is 11.7 Å². The van der Waals surface area contributed by atoms with Crippen molar-refractivity contribution in [2.75, 3.05) is 0 Å². The molecule has 2 aromatic rings. The number of benzene rings is 2. The zero-order valence-corrected chi connectivity index (χ0v) is 9.63. The Morgan fingerprint density at radius 1 is 0.867 bits per heavy atom. The van der Waals surface area contributed by atoms with Gasteiger partial charge in [-0.2, -0.15) is 13.2 Å². The Bertz CT molecular complexity index is 503. The summed E-state index contributed by atoms with van der Waals surface area (Å²) in [5, 5.41) is 1.44. The largest absolute Gasteiger partial charge is 0.416 e. The molecular formula is C11H6F3I. The maximum atomic E-state index is 12.4. The van der Waals surface area contributed by atoms with Gasteiger partial charge in [0.1, 0.15) is 0 Å². The first kappa shape index (κ1) is 10.7. The average molecular weight is 322 g/mol. The minimum absolute atomic E-state index is 0.600. The van der Waals surface area contributed by atoms with Gasteiger partial charge in [-0.3, -0.25) is 0 Å². The fourth-order valence-corrected chi connectivity index (χ4v) is 1.91. The molecule has 0 nitrogen and oxygen atoms in total. The molecule has 0 radical (unpaired) electrons. The Labute approximate surface area is 98.2 Å².